The summed E-state index contributed by atoms with van der Waals surface area (Å²) in [4.78, 5) is 0. The molecule has 0 aromatic heterocycles. The van der Waals surface area contributed by atoms with Gasteiger partial charge < -0.3 is 0 Å². The SMILES string of the molecule is O=S(=O)(Cc1ccccc1)Nc1cc[c]cc1. The fourth-order valence-electron chi connectivity index (χ4n) is 1.46. The van der Waals surface area contributed by atoms with Crippen molar-refractivity contribution in [2.45, 2.75) is 5.75 Å². The predicted octanol–water partition coefficient (Wildman–Crippen LogP) is 2.43. The molecule has 0 aliphatic carbocycles. The third-order valence-corrected chi connectivity index (χ3v) is 3.45. The molecule has 2 aromatic rings. The molecule has 3 nitrogen and oxygen atoms in total. The van der Waals surface area contributed by atoms with Crippen LogP contribution < -0.4 is 4.72 Å². The minimum absolute atomic E-state index is 0.0214. The normalized spacial score (nSPS) is 11.1. The van der Waals surface area contributed by atoms with E-state index < -0.39 is 10.0 Å². The Hall–Kier alpha value is -1.81. The molecule has 0 saturated carbocycles. The number of anilines is 1. The lowest BCUT2D eigenvalue weighted by molar-refractivity contribution is 0.600. The average Bonchev–Trinajstić information content (AvgIpc) is 2.30. The van der Waals surface area contributed by atoms with E-state index in [2.05, 4.69) is 10.8 Å². The van der Waals surface area contributed by atoms with Gasteiger partial charge in [-0.25, -0.2) is 8.42 Å². The summed E-state index contributed by atoms with van der Waals surface area (Å²) in [5, 5.41) is 0. The van der Waals surface area contributed by atoms with Crippen LogP contribution in [0.3, 0.4) is 0 Å². The van der Waals surface area contributed by atoms with Crippen LogP contribution in [-0.2, 0) is 15.8 Å². The molecule has 0 saturated heterocycles. The Kier molecular flexibility index (Phi) is 3.44. The summed E-state index contributed by atoms with van der Waals surface area (Å²) in [7, 11) is -3.35. The Balaban J connectivity index is 2.11. The Morgan fingerprint density at radius 3 is 2.29 bits per heavy atom. The molecular weight excluding hydrogens is 234 g/mol. The number of hydrogen-bond donors (Lipinski definition) is 1. The minimum atomic E-state index is -3.35. The Bertz CT molecular complexity index is 517. The summed E-state index contributed by atoms with van der Waals surface area (Å²) in [6.45, 7) is 0. The van der Waals surface area contributed by atoms with Gasteiger partial charge in [0.2, 0.25) is 10.0 Å². The van der Waals surface area contributed by atoms with Gasteiger partial charge in [-0.2, -0.15) is 0 Å². The van der Waals surface area contributed by atoms with E-state index in [0.717, 1.165) is 5.56 Å². The van der Waals surface area contributed by atoms with Gasteiger partial charge in [-0.15, -0.1) is 0 Å². The Labute approximate surface area is 101 Å². The van der Waals surface area contributed by atoms with Gasteiger partial charge in [0, 0.05) is 5.69 Å². The minimum Gasteiger partial charge on any atom is -0.283 e. The molecule has 1 radical (unpaired) electrons. The molecule has 0 amide bonds. The van der Waals surface area contributed by atoms with Crippen molar-refractivity contribution in [3.8, 4) is 0 Å². The zero-order valence-electron chi connectivity index (χ0n) is 9.13. The van der Waals surface area contributed by atoms with Gasteiger partial charge in [-0.05, 0) is 23.8 Å². The van der Waals surface area contributed by atoms with Crippen LogP contribution in [0.25, 0.3) is 0 Å². The van der Waals surface area contributed by atoms with Crippen LogP contribution in [0.15, 0.2) is 54.6 Å². The first-order valence-corrected chi connectivity index (χ1v) is 6.81. The van der Waals surface area contributed by atoms with Gasteiger partial charge in [0.1, 0.15) is 0 Å². The zero-order valence-corrected chi connectivity index (χ0v) is 9.94. The third kappa shape index (κ3) is 3.60. The molecule has 0 unspecified atom stereocenters. The van der Waals surface area contributed by atoms with Crippen LogP contribution in [0, 0.1) is 6.07 Å². The monoisotopic (exact) mass is 246 g/mol. The molecule has 1 N–H and O–H groups in total. The van der Waals surface area contributed by atoms with E-state index in [1.165, 1.54) is 0 Å². The molecule has 0 atom stereocenters. The van der Waals surface area contributed by atoms with Crippen LogP contribution in [0.1, 0.15) is 5.56 Å². The highest BCUT2D eigenvalue weighted by Crippen LogP contribution is 2.11. The summed E-state index contributed by atoms with van der Waals surface area (Å²) in [5.41, 5.74) is 1.32. The quantitative estimate of drug-likeness (QED) is 0.900. The van der Waals surface area contributed by atoms with E-state index in [0.29, 0.717) is 5.69 Å². The molecule has 0 bridgehead atoms. The maximum Gasteiger partial charge on any atom is 0.236 e. The van der Waals surface area contributed by atoms with Gasteiger partial charge in [-0.3, -0.25) is 4.72 Å². The van der Waals surface area contributed by atoms with Crippen LogP contribution in [-0.4, -0.2) is 8.42 Å². The van der Waals surface area contributed by atoms with Crippen molar-refractivity contribution in [1.29, 1.82) is 0 Å². The number of hydrogen-bond acceptors (Lipinski definition) is 2. The second kappa shape index (κ2) is 5.01. The van der Waals surface area contributed by atoms with Gasteiger partial charge in [0.15, 0.2) is 0 Å². The lowest BCUT2D eigenvalue weighted by atomic mass is 10.2. The molecule has 87 valence electrons. The maximum absolute atomic E-state index is 11.8. The van der Waals surface area contributed by atoms with E-state index in [9.17, 15) is 8.42 Å². The number of rotatable bonds is 4. The highest BCUT2D eigenvalue weighted by molar-refractivity contribution is 7.91. The van der Waals surface area contributed by atoms with Crippen molar-refractivity contribution in [2.24, 2.45) is 0 Å². The largest absolute Gasteiger partial charge is 0.283 e. The van der Waals surface area contributed by atoms with Crippen molar-refractivity contribution >= 4 is 15.7 Å². The van der Waals surface area contributed by atoms with Crippen molar-refractivity contribution in [3.05, 3.63) is 66.2 Å². The smallest absolute Gasteiger partial charge is 0.236 e. The molecule has 17 heavy (non-hydrogen) atoms. The average molecular weight is 246 g/mol. The molecule has 2 aromatic carbocycles. The van der Waals surface area contributed by atoms with Crippen molar-refractivity contribution in [2.75, 3.05) is 4.72 Å². The fraction of sp³-hybridized carbons (Fsp3) is 0.0769. The van der Waals surface area contributed by atoms with Crippen molar-refractivity contribution in [3.63, 3.8) is 0 Å². The first-order chi connectivity index (χ1) is 8.16. The van der Waals surface area contributed by atoms with E-state index >= 15 is 0 Å². The fourth-order valence-corrected chi connectivity index (χ4v) is 2.66. The van der Waals surface area contributed by atoms with Crippen LogP contribution in [0.4, 0.5) is 5.69 Å². The van der Waals surface area contributed by atoms with Gasteiger partial charge in [0.05, 0.1) is 5.75 Å². The Morgan fingerprint density at radius 1 is 1.00 bits per heavy atom. The first-order valence-electron chi connectivity index (χ1n) is 5.16. The zero-order chi connectivity index (χ0) is 12.1. The lowest BCUT2D eigenvalue weighted by Crippen LogP contribution is -2.14. The topological polar surface area (TPSA) is 46.2 Å². The standard InChI is InChI=1S/C13H12NO2S/c15-17(16,11-12-7-3-1-4-8-12)14-13-9-5-2-6-10-13/h1,3-10,14H,11H2. The van der Waals surface area contributed by atoms with Crippen LogP contribution in [0.2, 0.25) is 0 Å². The summed E-state index contributed by atoms with van der Waals surface area (Å²) in [6.07, 6.45) is 0. The van der Waals surface area contributed by atoms with Gasteiger partial charge >= 0.3 is 0 Å². The summed E-state index contributed by atoms with van der Waals surface area (Å²) in [5.74, 6) is -0.0214. The van der Waals surface area contributed by atoms with Crippen molar-refractivity contribution < 1.29 is 8.42 Å². The summed E-state index contributed by atoms with van der Waals surface area (Å²) in [6, 6.07) is 18.6. The predicted molar refractivity (Wildman–Crippen MR) is 68.0 cm³/mol. The molecule has 0 fully saturated rings. The maximum atomic E-state index is 11.8. The lowest BCUT2D eigenvalue weighted by Gasteiger charge is -2.07. The second-order valence-electron chi connectivity index (χ2n) is 3.64. The van der Waals surface area contributed by atoms with Crippen LogP contribution in [0.5, 0.6) is 0 Å². The molecule has 0 aliphatic rings. The van der Waals surface area contributed by atoms with E-state index in [4.69, 9.17) is 0 Å². The van der Waals surface area contributed by atoms with Crippen LogP contribution >= 0.6 is 0 Å². The van der Waals surface area contributed by atoms with E-state index in [-0.39, 0.29) is 5.75 Å². The molecule has 0 spiro atoms. The summed E-state index contributed by atoms with van der Waals surface area (Å²) >= 11 is 0. The number of benzene rings is 2. The molecule has 4 heteroatoms. The van der Waals surface area contributed by atoms with Gasteiger partial charge in [0.25, 0.3) is 0 Å². The molecule has 0 heterocycles. The highest BCUT2D eigenvalue weighted by atomic mass is 32.2. The van der Waals surface area contributed by atoms with E-state index in [1.807, 2.05) is 18.2 Å². The third-order valence-electron chi connectivity index (χ3n) is 2.19. The Morgan fingerprint density at radius 2 is 1.65 bits per heavy atom. The summed E-state index contributed by atoms with van der Waals surface area (Å²) < 4.78 is 26.2. The second-order valence-corrected chi connectivity index (χ2v) is 5.36. The van der Waals surface area contributed by atoms with Gasteiger partial charge in [-0.1, -0.05) is 42.5 Å². The molecule has 2 rings (SSSR count). The number of sulfonamides is 1. The highest BCUT2D eigenvalue weighted by Gasteiger charge is 2.10. The first kappa shape index (κ1) is 11.7. The van der Waals surface area contributed by atoms with Crippen molar-refractivity contribution in [1.82, 2.24) is 0 Å². The molecule has 0 aliphatic heterocycles. The number of nitrogens with one attached hydrogen (secondary N) is 1. The van der Waals surface area contributed by atoms with E-state index in [1.54, 1.807) is 36.4 Å². The molecular formula is C13H12NO2S.